The third-order valence-electron chi connectivity index (χ3n) is 6.11. The van der Waals surface area contributed by atoms with E-state index in [-0.39, 0.29) is 0 Å². The molecule has 0 amide bonds. The van der Waals surface area contributed by atoms with Crippen LogP contribution in [0.2, 0.25) is 0 Å². The van der Waals surface area contributed by atoms with E-state index in [2.05, 4.69) is 26.1 Å². The summed E-state index contributed by atoms with van der Waals surface area (Å²) in [7, 11) is 0. The lowest BCUT2D eigenvalue weighted by molar-refractivity contribution is 0.411. The van der Waals surface area contributed by atoms with E-state index in [0.29, 0.717) is 11.5 Å². The zero-order valence-electron chi connectivity index (χ0n) is 13.3. The van der Waals surface area contributed by atoms with Crippen molar-refractivity contribution in [3.63, 3.8) is 0 Å². The minimum atomic E-state index is 0.476. The fraction of sp³-hybridized carbons (Fsp3) is 0.765. The van der Waals surface area contributed by atoms with Crippen molar-refractivity contribution in [2.24, 2.45) is 11.3 Å². The summed E-state index contributed by atoms with van der Waals surface area (Å²) in [6.07, 6.45) is 7.69. The van der Waals surface area contributed by atoms with Crippen molar-refractivity contribution in [3.05, 3.63) is 17.0 Å². The first kappa shape index (κ1) is 13.7. The molecule has 0 aliphatic heterocycles. The normalized spacial score (nSPS) is 29.9. The number of aromatic nitrogens is 2. The first-order chi connectivity index (χ1) is 10.00. The van der Waals surface area contributed by atoms with Crippen LogP contribution in [0.15, 0.2) is 0 Å². The van der Waals surface area contributed by atoms with Gasteiger partial charge in [0.2, 0.25) is 0 Å². The number of hydrogen-bond acceptors (Lipinski definition) is 2. The van der Waals surface area contributed by atoms with Gasteiger partial charge in [0.15, 0.2) is 5.11 Å². The van der Waals surface area contributed by atoms with Gasteiger partial charge in [-0.1, -0.05) is 33.1 Å². The Kier molecular flexibility index (Phi) is 2.97. The maximum atomic E-state index is 5.66. The van der Waals surface area contributed by atoms with Gasteiger partial charge in [0, 0.05) is 11.6 Å². The number of thiocarbonyl (C=S) groups is 1. The molecule has 114 valence electrons. The minimum Gasteiger partial charge on any atom is -0.358 e. The van der Waals surface area contributed by atoms with Crippen LogP contribution in [0.25, 0.3) is 0 Å². The monoisotopic (exact) mass is 303 g/mol. The lowest BCUT2D eigenvalue weighted by Crippen LogP contribution is -2.39. The molecule has 1 N–H and O–H groups in total. The predicted octanol–water partition coefficient (Wildman–Crippen LogP) is 3.54. The molecule has 2 saturated carbocycles. The van der Waals surface area contributed by atoms with Crippen LogP contribution in [0.5, 0.6) is 0 Å². The Hall–Kier alpha value is -0.900. The van der Waals surface area contributed by atoms with Crippen LogP contribution in [-0.2, 0) is 6.42 Å². The lowest BCUT2D eigenvalue weighted by Gasteiger charge is -2.24. The summed E-state index contributed by atoms with van der Waals surface area (Å²) in [6.45, 7) is 6.93. The largest absolute Gasteiger partial charge is 0.358 e. The number of aryl methyl sites for hydroxylation is 1. The molecular weight excluding hydrogens is 278 g/mol. The van der Waals surface area contributed by atoms with Crippen molar-refractivity contribution in [3.8, 4) is 0 Å². The first-order valence-electron chi connectivity index (χ1n) is 8.39. The zero-order chi connectivity index (χ0) is 14.8. The molecule has 2 atom stereocenters. The molecule has 1 aromatic rings. The highest BCUT2D eigenvalue weighted by Gasteiger charge is 2.63. The molecule has 3 aliphatic carbocycles. The summed E-state index contributed by atoms with van der Waals surface area (Å²) in [5.74, 6) is 1.53. The van der Waals surface area contributed by atoms with Gasteiger partial charge >= 0.3 is 0 Å². The standard InChI is InChI=1S/C17H25N3S/c1-10-14-13(9-12-15(14)17(12,2)3)20(19-10)16(21)18-11-7-5-4-6-8-11/h11-12,15H,4-9H2,1-3H3,(H,18,21)/t12-,15-/m1/s1. The van der Waals surface area contributed by atoms with Crippen molar-refractivity contribution in [2.75, 3.05) is 0 Å². The molecule has 0 unspecified atom stereocenters. The number of fused-ring (bicyclic) bond motifs is 3. The van der Waals surface area contributed by atoms with E-state index in [1.54, 1.807) is 0 Å². The topological polar surface area (TPSA) is 29.9 Å². The Bertz CT molecular complexity index is 595. The summed E-state index contributed by atoms with van der Waals surface area (Å²) in [6, 6.07) is 0.554. The zero-order valence-corrected chi connectivity index (χ0v) is 14.1. The molecule has 0 saturated heterocycles. The van der Waals surface area contributed by atoms with E-state index in [1.165, 1.54) is 49.1 Å². The predicted molar refractivity (Wildman–Crippen MR) is 88.7 cm³/mol. The summed E-state index contributed by atoms with van der Waals surface area (Å²) >= 11 is 5.66. The molecule has 3 aliphatic rings. The Labute approximate surface area is 132 Å². The molecule has 0 aromatic carbocycles. The van der Waals surface area contributed by atoms with Crippen LogP contribution in [0, 0.1) is 18.3 Å². The van der Waals surface area contributed by atoms with E-state index >= 15 is 0 Å². The average molecular weight is 303 g/mol. The fourth-order valence-corrected chi connectivity index (χ4v) is 5.06. The Balaban J connectivity index is 1.56. The van der Waals surface area contributed by atoms with E-state index in [1.807, 2.05) is 4.68 Å². The van der Waals surface area contributed by atoms with Gasteiger partial charge in [0.1, 0.15) is 0 Å². The molecular formula is C17H25N3S. The maximum Gasteiger partial charge on any atom is 0.194 e. The summed E-state index contributed by atoms with van der Waals surface area (Å²) in [4.78, 5) is 0. The summed E-state index contributed by atoms with van der Waals surface area (Å²) in [5, 5.41) is 9.14. The van der Waals surface area contributed by atoms with Gasteiger partial charge in [-0.05, 0) is 55.7 Å². The van der Waals surface area contributed by atoms with Crippen molar-refractivity contribution in [1.82, 2.24) is 15.1 Å². The third-order valence-corrected chi connectivity index (χ3v) is 6.40. The number of nitrogens with zero attached hydrogens (tertiary/aromatic N) is 2. The SMILES string of the molecule is Cc1nn(C(=S)NC2CCCCC2)c2c1[C@H]1[C@@H](C2)C1(C)C. The minimum absolute atomic E-state index is 0.476. The van der Waals surface area contributed by atoms with Gasteiger partial charge < -0.3 is 5.32 Å². The van der Waals surface area contributed by atoms with Crippen LogP contribution in [0.4, 0.5) is 0 Å². The second-order valence-electron chi connectivity index (χ2n) is 7.75. The van der Waals surface area contributed by atoms with Crippen LogP contribution in [0.1, 0.15) is 68.8 Å². The third kappa shape index (κ3) is 1.98. The van der Waals surface area contributed by atoms with Crippen molar-refractivity contribution in [1.29, 1.82) is 0 Å². The van der Waals surface area contributed by atoms with Crippen LogP contribution < -0.4 is 5.32 Å². The molecule has 4 heteroatoms. The van der Waals surface area contributed by atoms with Crippen molar-refractivity contribution in [2.45, 2.75) is 71.3 Å². The number of nitrogens with one attached hydrogen (secondary N) is 1. The molecule has 1 heterocycles. The molecule has 3 nitrogen and oxygen atoms in total. The summed E-state index contributed by atoms with van der Waals surface area (Å²) in [5.41, 5.74) is 4.55. The van der Waals surface area contributed by atoms with E-state index in [4.69, 9.17) is 17.3 Å². The smallest absolute Gasteiger partial charge is 0.194 e. The fourth-order valence-electron chi connectivity index (χ4n) is 4.75. The van der Waals surface area contributed by atoms with Gasteiger partial charge in [-0.25, -0.2) is 4.68 Å². The van der Waals surface area contributed by atoms with E-state index in [0.717, 1.165) is 23.4 Å². The van der Waals surface area contributed by atoms with E-state index in [9.17, 15) is 0 Å². The van der Waals surface area contributed by atoms with Crippen LogP contribution >= 0.6 is 12.2 Å². The van der Waals surface area contributed by atoms with Gasteiger partial charge in [0.05, 0.1) is 11.4 Å². The quantitative estimate of drug-likeness (QED) is 0.805. The average Bonchev–Trinajstić information content (AvgIpc) is 2.83. The molecule has 21 heavy (non-hydrogen) atoms. The molecule has 0 radical (unpaired) electrons. The van der Waals surface area contributed by atoms with Crippen LogP contribution in [0.3, 0.4) is 0 Å². The van der Waals surface area contributed by atoms with Crippen molar-refractivity contribution >= 4 is 17.3 Å². The lowest BCUT2D eigenvalue weighted by atomic mass is 9.96. The van der Waals surface area contributed by atoms with Gasteiger partial charge in [-0.15, -0.1) is 0 Å². The van der Waals surface area contributed by atoms with Gasteiger partial charge in [0.25, 0.3) is 0 Å². The molecule has 2 fully saturated rings. The first-order valence-corrected chi connectivity index (χ1v) is 8.80. The maximum absolute atomic E-state index is 5.66. The van der Waals surface area contributed by atoms with Crippen LogP contribution in [-0.4, -0.2) is 20.9 Å². The molecule has 0 spiro atoms. The number of hydrogen-bond donors (Lipinski definition) is 1. The summed E-state index contributed by atoms with van der Waals surface area (Å²) < 4.78 is 2.04. The second kappa shape index (κ2) is 4.55. The Morgan fingerprint density at radius 2 is 2.00 bits per heavy atom. The highest BCUT2D eigenvalue weighted by atomic mass is 32.1. The highest BCUT2D eigenvalue weighted by molar-refractivity contribution is 7.80. The molecule has 4 rings (SSSR count). The van der Waals surface area contributed by atoms with Gasteiger partial charge in [-0.2, -0.15) is 5.10 Å². The number of rotatable bonds is 1. The Morgan fingerprint density at radius 1 is 1.29 bits per heavy atom. The molecule has 1 aromatic heterocycles. The highest BCUT2D eigenvalue weighted by Crippen LogP contribution is 2.70. The Morgan fingerprint density at radius 3 is 2.71 bits per heavy atom. The van der Waals surface area contributed by atoms with Crippen molar-refractivity contribution < 1.29 is 0 Å². The van der Waals surface area contributed by atoms with E-state index < -0.39 is 0 Å². The molecule has 0 bridgehead atoms. The van der Waals surface area contributed by atoms with Gasteiger partial charge in [-0.3, -0.25) is 0 Å². The second-order valence-corrected chi connectivity index (χ2v) is 8.14.